The number of allylic oxidation sites excluding steroid dienone is 1. The fraction of sp³-hybridized carbons (Fsp3) is 0.211. The molecule has 8 nitrogen and oxygen atoms in total. The number of aromatic nitrogens is 3. The molecule has 4 rings (SSSR count). The summed E-state index contributed by atoms with van der Waals surface area (Å²) in [6.45, 7) is 1.79. The Hall–Kier alpha value is -3.33. The van der Waals surface area contributed by atoms with Gasteiger partial charge in [-0.05, 0) is 24.4 Å². The maximum atomic E-state index is 12.3. The van der Waals surface area contributed by atoms with E-state index in [1.165, 1.54) is 0 Å². The van der Waals surface area contributed by atoms with Crippen LogP contribution < -0.4 is 20.5 Å². The fourth-order valence-corrected chi connectivity index (χ4v) is 4.05. The van der Waals surface area contributed by atoms with Crippen LogP contribution in [-0.4, -0.2) is 34.9 Å². The van der Waals surface area contributed by atoms with Crippen molar-refractivity contribution >= 4 is 23.2 Å². The minimum absolute atomic E-state index is 0.390. The minimum atomic E-state index is -0.597. The summed E-state index contributed by atoms with van der Waals surface area (Å²) in [6, 6.07) is 8.79. The number of fused-ring (bicyclic) bond motifs is 1. The number of thiophene rings is 1. The summed E-state index contributed by atoms with van der Waals surface area (Å²) >= 11 is 1.54. The third kappa shape index (κ3) is 2.80. The first-order valence-corrected chi connectivity index (χ1v) is 9.42. The molecule has 2 aromatic heterocycles. The van der Waals surface area contributed by atoms with Gasteiger partial charge in [0.2, 0.25) is 11.9 Å². The van der Waals surface area contributed by atoms with Crippen molar-refractivity contribution in [1.29, 1.82) is 0 Å². The van der Waals surface area contributed by atoms with E-state index in [-0.39, 0.29) is 0 Å². The molecule has 0 fully saturated rings. The van der Waals surface area contributed by atoms with E-state index >= 15 is 0 Å². The molecule has 0 spiro atoms. The molecule has 0 aliphatic carbocycles. The second-order valence-electron chi connectivity index (χ2n) is 6.19. The standard InChI is InChI=1S/C19H19N5O3S/c1-10-14(17(20)25)15(11-6-4-7-12(26-2)16(11)27-3)24-19(21-10)22-18(23-24)13-8-5-9-28-13/h4-9,15H,1-3H3,(H2,20,25)(H,21,22,23). The Labute approximate surface area is 165 Å². The molecule has 3 N–H and O–H groups in total. The van der Waals surface area contributed by atoms with Crippen LogP contribution in [0.5, 0.6) is 11.5 Å². The number of primary amides is 1. The Bertz CT molecular complexity index is 1070. The lowest BCUT2D eigenvalue weighted by atomic mass is 9.94. The number of benzene rings is 1. The number of rotatable bonds is 5. The second-order valence-corrected chi connectivity index (χ2v) is 7.14. The highest BCUT2D eigenvalue weighted by molar-refractivity contribution is 7.13. The Balaban J connectivity index is 1.95. The second kappa shape index (κ2) is 7.01. The molecule has 1 aliphatic heterocycles. The van der Waals surface area contributed by atoms with E-state index in [1.807, 2.05) is 29.6 Å². The lowest BCUT2D eigenvalue weighted by Crippen LogP contribution is -2.32. The summed E-state index contributed by atoms with van der Waals surface area (Å²) in [4.78, 5) is 17.9. The average Bonchev–Trinajstić information content (AvgIpc) is 3.35. The normalized spacial score (nSPS) is 15.8. The minimum Gasteiger partial charge on any atom is -0.493 e. The topological polar surface area (TPSA) is 104 Å². The van der Waals surface area contributed by atoms with Crippen molar-refractivity contribution < 1.29 is 14.3 Å². The molecule has 3 aromatic rings. The van der Waals surface area contributed by atoms with Crippen molar-refractivity contribution in [3.63, 3.8) is 0 Å². The van der Waals surface area contributed by atoms with E-state index in [4.69, 9.17) is 15.2 Å². The van der Waals surface area contributed by atoms with Gasteiger partial charge in [0.05, 0.1) is 24.7 Å². The van der Waals surface area contributed by atoms with E-state index in [0.29, 0.717) is 40.1 Å². The smallest absolute Gasteiger partial charge is 0.248 e. The van der Waals surface area contributed by atoms with Crippen LogP contribution in [0.25, 0.3) is 10.7 Å². The number of nitrogens with one attached hydrogen (secondary N) is 1. The van der Waals surface area contributed by atoms with Gasteiger partial charge < -0.3 is 20.5 Å². The molecule has 0 radical (unpaired) electrons. The van der Waals surface area contributed by atoms with Crippen LogP contribution >= 0.6 is 11.3 Å². The molecule has 1 unspecified atom stereocenters. The number of hydrogen-bond donors (Lipinski definition) is 2. The molecule has 28 heavy (non-hydrogen) atoms. The van der Waals surface area contributed by atoms with E-state index < -0.39 is 11.9 Å². The first-order valence-electron chi connectivity index (χ1n) is 8.54. The fourth-order valence-electron chi connectivity index (χ4n) is 3.40. The number of nitrogens with zero attached hydrogens (tertiary/aromatic N) is 3. The zero-order chi connectivity index (χ0) is 19.8. The average molecular weight is 397 g/mol. The summed E-state index contributed by atoms with van der Waals surface area (Å²) in [5.74, 6) is 1.63. The van der Waals surface area contributed by atoms with Gasteiger partial charge in [-0.3, -0.25) is 4.79 Å². The van der Waals surface area contributed by atoms with Crippen LogP contribution in [0.15, 0.2) is 47.0 Å². The molecular weight excluding hydrogens is 378 g/mol. The molecule has 1 aliphatic rings. The van der Waals surface area contributed by atoms with Gasteiger partial charge in [0.1, 0.15) is 6.04 Å². The van der Waals surface area contributed by atoms with Crippen molar-refractivity contribution in [2.45, 2.75) is 13.0 Å². The van der Waals surface area contributed by atoms with Gasteiger partial charge in [0.15, 0.2) is 17.3 Å². The van der Waals surface area contributed by atoms with E-state index in [0.717, 1.165) is 4.88 Å². The molecular formula is C19H19N5O3S. The number of carbonyl (C=O) groups is 1. The molecule has 0 bridgehead atoms. The molecule has 9 heteroatoms. The number of anilines is 1. The van der Waals surface area contributed by atoms with Crippen molar-refractivity contribution in [3.8, 4) is 22.2 Å². The Morgan fingerprint density at radius 2 is 2.07 bits per heavy atom. The predicted octanol–water partition coefficient (Wildman–Crippen LogP) is 2.80. The van der Waals surface area contributed by atoms with E-state index in [2.05, 4.69) is 15.4 Å². The van der Waals surface area contributed by atoms with Gasteiger partial charge in [0.25, 0.3) is 0 Å². The van der Waals surface area contributed by atoms with Gasteiger partial charge in [-0.2, -0.15) is 4.98 Å². The predicted molar refractivity (Wildman–Crippen MR) is 107 cm³/mol. The highest BCUT2D eigenvalue weighted by atomic mass is 32.1. The van der Waals surface area contributed by atoms with Gasteiger partial charge >= 0.3 is 0 Å². The van der Waals surface area contributed by atoms with Crippen molar-refractivity contribution in [3.05, 3.63) is 52.5 Å². The number of amides is 1. The summed E-state index contributed by atoms with van der Waals surface area (Å²) in [7, 11) is 3.12. The number of carbonyl (C=O) groups excluding carboxylic acids is 1. The van der Waals surface area contributed by atoms with Crippen LogP contribution in [0.2, 0.25) is 0 Å². The molecule has 0 saturated heterocycles. The summed E-state index contributed by atoms with van der Waals surface area (Å²) in [5, 5.41) is 9.77. The third-order valence-corrected chi connectivity index (χ3v) is 5.45. The maximum Gasteiger partial charge on any atom is 0.248 e. The summed E-state index contributed by atoms with van der Waals surface area (Å²) in [5.41, 5.74) is 7.46. The lowest BCUT2D eigenvalue weighted by Gasteiger charge is -2.29. The van der Waals surface area contributed by atoms with Crippen molar-refractivity contribution in [2.75, 3.05) is 19.5 Å². The van der Waals surface area contributed by atoms with Gasteiger partial charge in [-0.15, -0.1) is 16.4 Å². The highest BCUT2D eigenvalue weighted by Gasteiger charge is 2.35. The third-order valence-electron chi connectivity index (χ3n) is 4.59. The number of methoxy groups -OCH3 is 2. The van der Waals surface area contributed by atoms with Crippen LogP contribution in [0.4, 0.5) is 5.95 Å². The van der Waals surface area contributed by atoms with Crippen LogP contribution in [-0.2, 0) is 4.79 Å². The number of ether oxygens (including phenoxy) is 2. The van der Waals surface area contributed by atoms with Crippen LogP contribution in [0, 0.1) is 0 Å². The van der Waals surface area contributed by atoms with Crippen LogP contribution in [0.3, 0.4) is 0 Å². The first kappa shape index (κ1) is 18.1. The van der Waals surface area contributed by atoms with E-state index in [1.54, 1.807) is 43.2 Å². The van der Waals surface area contributed by atoms with E-state index in [9.17, 15) is 4.79 Å². The van der Waals surface area contributed by atoms with Gasteiger partial charge in [0, 0.05) is 11.3 Å². The van der Waals surface area contributed by atoms with Crippen molar-refractivity contribution in [1.82, 2.24) is 14.8 Å². The zero-order valence-electron chi connectivity index (χ0n) is 15.6. The first-order chi connectivity index (χ1) is 13.5. The van der Waals surface area contributed by atoms with Crippen molar-refractivity contribution in [2.24, 2.45) is 5.73 Å². The Kier molecular flexibility index (Phi) is 4.52. The summed E-state index contributed by atoms with van der Waals surface area (Å²) in [6.07, 6.45) is 0. The molecule has 144 valence electrons. The largest absolute Gasteiger partial charge is 0.493 e. The quantitative estimate of drug-likeness (QED) is 0.686. The monoisotopic (exact) mass is 397 g/mol. The molecule has 1 atom stereocenters. The van der Waals surface area contributed by atoms with Crippen LogP contribution in [0.1, 0.15) is 18.5 Å². The maximum absolute atomic E-state index is 12.3. The van der Waals surface area contributed by atoms with Gasteiger partial charge in [-0.25, -0.2) is 4.68 Å². The SMILES string of the molecule is COc1cccc(C2C(C(N)=O)=C(C)Nc3nc(-c4cccs4)nn32)c1OC. The number of nitrogens with two attached hydrogens (primary N) is 1. The highest BCUT2D eigenvalue weighted by Crippen LogP contribution is 2.43. The Morgan fingerprint density at radius 3 is 2.71 bits per heavy atom. The van der Waals surface area contributed by atoms with Gasteiger partial charge in [-0.1, -0.05) is 18.2 Å². The molecule has 3 heterocycles. The number of para-hydroxylation sites is 1. The zero-order valence-corrected chi connectivity index (χ0v) is 16.4. The molecule has 0 saturated carbocycles. The Morgan fingerprint density at radius 1 is 1.25 bits per heavy atom. The number of hydrogen-bond acceptors (Lipinski definition) is 7. The molecule has 1 amide bonds. The lowest BCUT2D eigenvalue weighted by molar-refractivity contribution is -0.115. The summed E-state index contributed by atoms with van der Waals surface area (Å²) < 4.78 is 12.7. The molecule has 1 aromatic carbocycles.